The van der Waals surface area contributed by atoms with Crippen molar-refractivity contribution in [2.24, 2.45) is 0 Å². The van der Waals surface area contributed by atoms with Gasteiger partial charge >= 0.3 is 0 Å². The van der Waals surface area contributed by atoms with E-state index < -0.39 is 0 Å². The minimum atomic E-state index is 0.563. The Morgan fingerprint density at radius 1 is 1.00 bits per heavy atom. The van der Waals surface area contributed by atoms with Crippen molar-refractivity contribution in [2.75, 3.05) is 7.05 Å². The predicted octanol–water partition coefficient (Wildman–Crippen LogP) is 3.53. The Kier molecular flexibility index (Phi) is 4.12. The summed E-state index contributed by atoms with van der Waals surface area (Å²) in [6.45, 7) is 1.41. The van der Waals surface area contributed by atoms with Gasteiger partial charge in [0.15, 0.2) is 0 Å². The third kappa shape index (κ3) is 3.38. The van der Waals surface area contributed by atoms with E-state index in [0.717, 1.165) is 28.8 Å². The molecule has 106 valence electrons. The van der Waals surface area contributed by atoms with E-state index in [4.69, 9.17) is 4.74 Å². The molecule has 0 unspecified atom stereocenters. The van der Waals surface area contributed by atoms with E-state index in [9.17, 15) is 0 Å². The van der Waals surface area contributed by atoms with Gasteiger partial charge in [-0.3, -0.25) is 4.98 Å². The molecule has 0 aliphatic heterocycles. The summed E-state index contributed by atoms with van der Waals surface area (Å²) in [7, 11) is 1.94. The van der Waals surface area contributed by atoms with Crippen molar-refractivity contribution in [3.05, 3.63) is 71.9 Å². The second kappa shape index (κ2) is 6.37. The monoisotopic (exact) mass is 278 g/mol. The molecule has 3 rings (SSSR count). The number of ether oxygens (including phenoxy) is 1. The van der Waals surface area contributed by atoms with Crippen molar-refractivity contribution in [3.8, 4) is 5.75 Å². The van der Waals surface area contributed by atoms with Gasteiger partial charge in [-0.15, -0.1) is 0 Å². The van der Waals surface area contributed by atoms with Crippen LogP contribution in [0.15, 0.2) is 60.8 Å². The van der Waals surface area contributed by atoms with Crippen LogP contribution >= 0.6 is 0 Å². The molecule has 3 aromatic rings. The molecule has 3 heteroatoms. The molecule has 1 aromatic heterocycles. The van der Waals surface area contributed by atoms with Crippen LogP contribution < -0.4 is 10.1 Å². The van der Waals surface area contributed by atoms with Crippen LogP contribution in [-0.2, 0) is 13.2 Å². The SMILES string of the molecule is CNCc1cccc(OCc2ccc3ncccc3c2)c1. The van der Waals surface area contributed by atoms with Crippen LogP contribution in [0.4, 0.5) is 0 Å². The highest BCUT2D eigenvalue weighted by Crippen LogP contribution is 2.17. The molecule has 3 nitrogen and oxygen atoms in total. The maximum Gasteiger partial charge on any atom is 0.120 e. The van der Waals surface area contributed by atoms with Crippen molar-refractivity contribution < 1.29 is 4.74 Å². The molecular weight excluding hydrogens is 260 g/mol. The lowest BCUT2D eigenvalue weighted by Crippen LogP contribution is -2.05. The highest BCUT2D eigenvalue weighted by molar-refractivity contribution is 5.78. The normalized spacial score (nSPS) is 10.7. The zero-order valence-electron chi connectivity index (χ0n) is 12.0. The van der Waals surface area contributed by atoms with Crippen molar-refractivity contribution in [1.29, 1.82) is 0 Å². The Balaban J connectivity index is 1.72. The number of benzene rings is 2. The first-order chi connectivity index (χ1) is 10.3. The van der Waals surface area contributed by atoms with Crippen LogP contribution in [0.1, 0.15) is 11.1 Å². The van der Waals surface area contributed by atoms with Gasteiger partial charge in [-0.1, -0.05) is 24.3 Å². The van der Waals surface area contributed by atoms with E-state index in [1.807, 2.05) is 37.5 Å². The highest BCUT2D eigenvalue weighted by atomic mass is 16.5. The Labute approximate surface area is 124 Å². The van der Waals surface area contributed by atoms with E-state index in [1.54, 1.807) is 0 Å². The molecule has 0 bridgehead atoms. The lowest BCUT2D eigenvalue weighted by atomic mass is 10.1. The van der Waals surface area contributed by atoms with E-state index >= 15 is 0 Å². The summed E-state index contributed by atoms with van der Waals surface area (Å²) in [5.74, 6) is 0.897. The summed E-state index contributed by atoms with van der Waals surface area (Å²) in [5.41, 5.74) is 3.38. The van der Waals surface area contributed by atoms with Crippen LogP contribution in [-0.4, -0.2) is 12.0 Å². The minimum absolute atomic E-state index is 0.563. The van der Waals surface area contributed by atoms with Gasteiger partial charge in [-0.25, -0.2) is 0 Å². The summed E-state index contributed by atoms with van der Waals surface area (Å²) in [6, 6.07) is 18.4. The highest BCUT2D eigenvalue weighted by Gasteiger charge is 2.00. The standard InChI is InChI=1S/C18H18N2O/c1-19-12-14-4-2-6-17(11-14)21-13-15-7-8-18-16(10-15)5-3-9-20-18/h2-11,19H,12-13H2,1H3. The van der Waals surface area contributed by atoms with Crippen molar-refractivity contribution in [2.45, 2.75) is 13.2 Å². The Bertz CT molecular complexity index is 740. The Morgan fingerprint density at radius 2 is 1.95 bits per heavy atom. The zero-order valence-corrected chi connectivity index (χ0v) is 12.0. The third-order valence-corrected chi connectivity index (χ3v) is 3.35. The molecule has 0 saturated heterocycles. The molecule has 0 aliphatic rings. The first kappa shape index (κ1) is 13.6. The van der Waals surface area contributed by atoms with Crippen LogP contribution in [0, 0.1) is 0 Å². The number of nitrogens with zero attached hydrogens (tertiary/aromatic N) is 1. The van der Waals surface area contributed by atoms with Crippen LogP contribution in [0.5, 0.6) is 5.75 Å². The van der Waals surface area contributed by atoms with Gasteiger partial charge in [-0.05, 0) is 48.5 Å². The fourth-order valence-electron chi connectivity index (χ4n) is 2.33. The predicted molar refractivity (Wildman–Crippen MR) is 85.3 cm³/mol. The number of nitrogens with one attached hydrogen (secondary N) is 1. The number of pyridine rings is 1. The number of hydrogen-bond donors (Lipinski definition) is 1. The molecule has 0 atom stereocenters. The molecule has 0 radical (unpaired) electrons. The van der Waals surface area contributed by atoms with E-state index in [1.165, 1.54) is 5.56 Å². The van der Waals surface area contributed by atoms with Gasteiger partial charge in [-0.2, -0.15) is 0 Å². The summed E-state index contributed by atoms with van der Waals surface area (Å²) >= 11 is 0. The summed E-state index contributed by atoms with van der Waals surface area (Å²) in [4.78, 5) is 4.32. The molecule has 0 aliphatic carbocycles. The molecule has 21 heavy (non-hydrogen) atoms. The molecule has 1 N–H and O–H groups in total. The summed E-state index contributed by atoms with van der Waals surface area (Å²) in [6.07, 6.45) is 1.81. The average Bonchev–Trinajstić information content (AvgIpc) is 2.53. The summed E-state index contributed by atoms with van der Waals surface area (Å²) < 4.78 is 5.88. The van der Waals surface area contributed by atoms with Gasteiger partial charge in [0, 0.05) is 18.1 Å². The lowest BCUT2D eigenvalue weighted by molar-refractivity contribution is 0.306. The number of hydrogen-bond acceptors (Lipinski definition) is 3. The molecule has 2 aromatic carbocycles. The third-order valence-electron chi connectivity index (χ3n) is 3.35. The van der Waals surface area contributed by atoms with E-state index in [0.29, 0.717) is 6.61 Å². The molecule has 0 amide bonds. The lowest BCUT2D eigenvalue weighted by Gasteiger charge is -2.09. The number of rotatable bonds is 5. The Hall–Kier alpha value is -2.39. The smallest absolute Gasteiger partial charge is 0.120 e. The molecule has 0 saturated carbocycles. The van der Waals surface area contributed by atoms with Crippen molar-refractivity contribution >= 4 is 10.9 Å². The van der Waals surface area contributed by atoms with E-state index in [-0.39, 0.29) is 0 Å². The topological polar surface area (TPSA) is 34.1 Å². The maximum absolute atomic E-state index is 5.88. The Morgan fingerprint density at radius 3 is 2.86 bits per heavy atom. The fourth-order valence-corrected chi connectivity index (χ4v) is 2.33. The molecule has 1 heterocycles. The van der Waals surface area contributed by atoms with Gasteiger partial charge in [0.25, 0.3) is 0 Å². The largest absolute Gasteiger partial charge is 0.489 e. The first-order valence-electron chi connectivity index (χ1n) is 7.05. The average molecular weight is 278 g/mol. The minimum Gasteiger partial charge on any atom is -0.489 e. The summed E-state index contributed by atoms with van der Waals surface area (Å²) in [5, 5.41) is 4.28. The zero-order chi connectivity index (χ0) is 14.5. The molecule has 0 spiro atoms. The quantitative estimate of drug-likeness (QED) is 0.775. The van der Waals surface area contributed by atoms with Crippen LogP contribution in [0.25, 0.3) is 10.9 Å². The fraction of sp³-hybridized carbons (Fsp3) is 0.167. The van der Waals surface area contributed by atoms with Crippen LogP contribution in [0.3, 0.4) is 0 Å². The maximum atomic E-state index is 5.88. The van der Waals surface area contributed by atoms with Gasteiger partial charge in [0.2, 0.25) is 0 Å². The van der Waals surface area contributed by atoms with Crippen LogP contribution in [0.2, 0.25) is 0 Å². The van der Waals surface area contributed by atoms with Crippen molar-refractivity contribution in [3.63, 3.8) is 0 Å². The molecular formula is C18H18N2O. The number of fused-ring (bicyclic) bond motifs is 1. The number of aromatic nitrogens is 1. The molecule has 0 fully saturated rings. The first-order valence-corrected chi connectivity index (χ1v) is 7.05. The van der Waals surface area contributed by atoms with Gasteiger partial charge in [0.05, 0.1) is 5.52 Å². The second-order valence-electron chi connectivity index (χ2n) is 5.00. The van der Waals surface area contributed by atoms with Gasteiger partial charge < -0.3 is 10.1 Å². The van der Waals surface area contributed by atoms with Gasteiger partial charge in [0.1, 0.15) is 12.4 Å². The second-order valence-corrected chi connectivity index (χ2v) is 5.00. The van der Waals surface area contributed by atoms with E-state index in [2.05, 4.69) is 40.6 Å². The van der Waals surface area contributed by atoms with Crippen molar-refractivity contribution in [1.82, 2.24) is 10.3 Å².